The molecule has 1 aromatic carbocycles. The third-order valence-corrected chi connectivity index (χ3v) is 3.17. The number of carbonyl (C=O) groups excluding carboxylic acids is 1. The van der Waals surface area contributed by atoms with Crippen LogP contribution >= 0.6 is 12.4 Å². The normalized spacial score (nSPS) is 11.9. The van der Waals surface area contributed by atoms with Gasteiger partial charge in [-0.1, -0.05) is 39.3 Å². The highest BCUT2D eigenvalue weighted by Crippen LogP contribution is 2.21. The molecule has 0 spiro atoms. The maximum atomic E-state index is 12.1. The van der Waals surface area contributed by atoms with Crippen molar-refractivity contribution in [3.63, 3.8) is 0 Å². The largest absolute Gasteiger partial charge is 0.320 e. The summed E-state index contributed by atoms with van der Waals surface area (Å²) < 4.78 is 0. The average molecular weight is 285 g/mol. The van der Waals surface area contributed by atoms with E-state index in [1.54, 1.807) is 11.9 Å². The van der Waals surface area contributed by atoms with Gasteiger partial charge in [-0.15, -0.1) is 12.4 Å². The Labute approximate surface area is 122 Å². The summed E-state index contributed by atoms with van der Waals surface area (Å²) in [6, 6.07) is 7.67. The minimum absolute atomic E-state index is 0. The van der Waals surface area contributed by atoms with Gasteiger partial charge < -0.3 is 10.6 Å². The summed E-state index contributed by atoms with van der Waals surface area (Å²) in [5, 5.41) is 0. The average Bonchev–Trinajstić information content (AvgIpc) is 2.37. The zero-order valence-corrected chi connectivity index (χ0v) is 13.0. The predicted molar refractivity (Wildman–Crippen MR) is 84.1 cm³/mol. The van der Waals surface area contributed by atoms with E-state index in [9.17, 15) is 4.79 Å². The summed E-state index contributed by atoms with van der Waals surface area (Å²) in [6.45, 7) is 6.32. The van der Waals surface area contributed by atoms with Crippen molar-refractivity contribution in [1.29, 1.82) is 0 Å². The number of nitrogens with two attached hydrogens (primary N) is 1. The van der Waals surface area contributed by atoms with Crippen molar-refractivity contribution in [2.45, 2.75) is 45.6 Å². The van der Waals surface area contributed by atoms with E-state index in [1.807, 2.05) is 19.1 Å². The summed E-state index contributed by atoms with van der Waals surface area (Å²) >= 11 is 0. The minimum atomic E-state index is -0.400. The highest BCUT2D eigenvalue weighted by atomic mass is 35.5. The van der Waals surface area contributed by atoms with Crippen LogP contribution in [-0.4, -0.2) is 19.0 Å². The number of hydrogen-bond acceptors (Lipinski definition) is 2. The van der Waals surface area contributed by atoms with Crippen LogP contribution in [0.3, 0.4) is 0 Å². The number of anilines is 1. The van der Waals surface area contributed by atoms with Gasteiger partial charge in [0.15, 0.2) is 0 Å². The van der Waals surface area contributed by atoms with Crippen molar-refractivity contribution < 1.29 is 4.79 Å². The number of hydrogen-bond donors (Lipinski definition) is 1. The smallest absolute Gasteiger partial charge is 0.243 e. The lowest BCUT2D eigenvalue weighted by Gasteiger charge is -2.22. The molecule has 1 aromatic rings. The molecule has 0 radical (unpaired) electrons. The first-order valence-electron chi connectivity index (χ1n) is 6.60. The Morgan fingerprint density at radius 1 is 1.37 bits per heavy atom. The molecule has 1 rings (SSSR count). The Bertz CT molecular complexity index is 407. The molecular weight excluding hydrogens is 260 g/mol. The maximum Gasteiger partial charge on any atom is 0.243 e. The lowest BCUT2D eigenvalue weighted by Crippen LogP contribution is -2.41. The first-order chi connectivity index (χ1) is 8.47. The van der Waals surface area contributed by atoms with E-state index in [0.29, 0.717) is 5.92 Å². The van der Waals surface area contributed by atoms with E-state index in [4.69, 9.17) is 5.73 Å². The van der Waals surface area contributed by atoms with Crippen LogP contribution in [-0.2, 0) is 4.79 Å². The SMILES string of the molecule is CCCC(N)C(=O)N(C)c1cccc(C(C)C)c1.Cl. The fraction of sp³-hybridized carbons (Fsp3) is 0.533. The number of halogens is 1. The van der Waals surface area contributed by atoms with E-state index < -0.39 is 6.04 Å². The van der Waals surface area contributed by atoms with E-state index in [-0.39, 0.29) is 18.3 Å². The lowest BCUT2D eigenvalue weighted by molar-refractivity contribution is -0.119. The van der Waals surface area contributed by atoms with Gasteiger partial charge in [-0.2, -0.15) is 0 Å². The number of carbonyl (C=O) groups is 1. The van der Waals surface area contributed by atoms with Gasteiger partial charge in [-0.3, -0.25) is 4.79 Å². The molecule has 0 aliphatic rings. The summed E-state index contributed by atoms with van der Waals surface area (Å²) in [6.07, 6.45) is 1.65. The highest BCUT2D eigenvalue weighted by Gasteiger charge is 2.18. The molecule has 0 aliphatic carbocycles. The summed E-state index contributed by atoms with van der Waals surface area (Å²) in [5.41, 5.74) is 8.02. The van der Waals surface area contributed by atoms with Crippen LogP contribution in [0.1, 0.15) is 45.1 Å². The molecule has 2 N–H and O–H groups in total. The third-order valence-electron chi connectivity index (χ3n) is 3.17. The molecule has 1 amide bonds. The molecule has 4 heteroatoms. The molecule has 0 heterocycles. The van der Waals surface area contributed by atoms with Crippen LogP contribution in [0.4, 0.5) is 5.69 Å². The molecule has 0 aliphatic heterocycles. The second-order valence-corrected chi connectivity index (χ2v) is 5.04. The summed E-state index contributed by atoms with van der Waals surface area (Å²) in [4.78, 5) is 13.8. The molecule has 0 aromatic heterocycles. The minimum Gasteiger partial charge on any atom is -0.320 e. The van der Waals surface area contributed by atoms with Crippen LogP contribution in [0.2, 0.25) is 0 Å². The monoisotopic (exact) mass is 284 g/mol. The summed E-state index contributed by atoms with van der Waals surface area (Å²) in [5.74, 6) is 0.440. The molecule has 1 unspecified atom stereocenters. The third kappa shape index (κ3) is 4.84. The first kappa shape index (κ1) is 17.9. The quantitative estimate of drug-likeness (QED) is 0.901. The van der Waals surface area contributed by atoms with Crippen LogP contribution in [0.15, 0.2) is 24.3 Å². The van der Waals surface area contributed by atoms with Crippen molar-refractivity contribution in [1.82, 2.24) is 0 Å². The second-order valence-electron chi connectivity index (χ2n) is 5.04. The van der Waals surface area contributed by atoms with Crippen molar-refractivity contribution in [3.05, 3.63) is 29.8 Å². The Kier molecular flexibility index (Phi) is 7.72. The van der Waals surface area contributed by atoms with Crippen LogP contribution in [0, 0.1) is 0 Å². The Morgan fingerprint density at radius 2 is 2.00 bits per heavy atom. The fourth-order valence-electron chi connectivity index (χ4n) is 1.90. The number of likely N-dealkylation sites (N-methyl/N-ethyl adjacent to an activating group) is 1. The van der Waals surface area contributed by atoms with E-state index in [0.717, 1.165) is 18.5 Å². The zero-order valence-electron chi connectivity index (χ0n) is 12.2. The number of rotatable bonds is 5. The van der Waals surface area contributed by atoms with Crippen molar-refractivity contribution in [2.75, 3.05) is 11.9 Å². The van der Waals surface area contributed by atoms with Gasteiger partial charge in [0.25, 0.3) is 0 Å². The number of amides is 1. The van der Waals surface area contributed by atoms with E-state index >= 15 is 0 Å². The highest BCUT2D eigenvalue weighted by molar-refractivity contribution is 5.96. The van der Waals surface area contributed by atoms with Gasteiger partial charge in [0.05, 0.1) is 6.04 Å². The van der Waals surface area contributed by atoms with Crippen molar-refractivity contribution >= 4 is 24.0 Å². The Hall–Kier alpha value is -1.06. The molecule has 1 atom stereocenters. The van der Waals surface area contributed by atoms with Gasteiger partial charge >= 0.3 is 0 Å². The molecule has 108 valence electrons. The molecule has 0 saturated carbocycles. The van der Waals surface area contributed by atoms with Crippen LogP contribution in [0.5, 0.6) is 0 Å². The number of nitrogens with zero attached hydrogens (tertiary/aromatic N) is 1. The topological polar surface area (TPSA) is 46.3 Å². The van der Waals surface area contributed by atoms with Gasteiger partial charge in [0.1, 0.15) is 0 Å². The van der Waals surface area contributed by atoms with Crippen molar-refractivity contribution in [2.24, 2.45) is 5.73 Å². The van der Waals surface area contributed by atoms with Crippen LogP contribution in [0.25, 0.3) is 0 Å². The van der Waals surface area contributed by atoms with E-state index in [2.05, 4.69) is 26.0 Å². The maximum absolute atomic E-state index is 12.1. The first-order valence-corrected chi connectivity index (χ1v) is 6.60. The van der Waals surface area contributed by atoms with Gasteiger partial charge in [0, 0.05) is 12.7 Å². The standard InChI is InChI=1S/C15H24N2O.ClH/c1-5-7-14(16)15(18)17(4)13-9-6-8-12(10-13)11(2)3;/h6,8-11,14H,5,7,16H2,1-4H3;1H. The molecule has 0 bridgehead atoms. The zero-order chi connectivity index (χ0) is 13.7. The lowest BCUT2D eigenvalue weighted by atomic mass is 10.0. The van der Waals surface area contributed by atoms with Gasteiger partial charge in [0.2, 0.25) is 5.91 Å². The molecule has 3 nitrogen and oxygen atoms in total. The second kappa shape index (κ2) is 8.18. The molecule has 19 heavy (non-hydrogen) atoms. The Morgan fingerprint density at radius 3 is 2.53 bits per heavy atom. The van der Waals surface area contributed by atoms with Gasteiger partial charge in [-0.25, -0.2) is 0 Å². The van der Waals surface area contributed by atoms with E-state index in [1.165, 1.54) is 5.56 Å². The van der Waals surface area contributed by atoms with Crippen molar-refractivity contribution in [3.8, 4) is 0 Å². The molecule has 0 saturated heterocycles. The summed E-state index contributed by atoms with van der Waals surface area (Å²) in [7, 11) is 1.79. The number of benzene rings is 1. The van der Waals surface area contributed by atoms with Crippen LogP contribution < -0.4 is 10.6 Å². The Balaban J connectivity index is 0.00000324. The fourth-order valence-corrected chi connectivity index (χ4v) is 1.90. The molecular formula is C15H25ClN2O. The van der Waals surface area contributed by atoms with Gasteiger partial charge in [-0.05, 0) is 30.0 Å². The predicted octanol–water partition coefficient (Wildman–Crippen LogP) is 3.32. The molecule has 0 fully saturated rings.